The molecule has 0 N–H and O–H groups in total. The summed E-state index contributed by atoms with van der Waals surface area (Å²) in [5.41, 5.74) is 1.46. The maximum absolute atomic E-state index is 12.6. The summed E-state index contributed by atoms with van der Waals surface area (Å²) >= 11 is 0. The highest BCUT2D eigenvalue weighted by molar-refractivity contribution is 5.92. The molecule has 1 amide bonds. The summed E-state index contributed by atoms with van der Waals surface area (Å²) in [5, 5.41) is 3.84. The van der Waals surface area contributed by atoms with Gasteiger partial charge in [0.1, 0.15) is 11.5 Å². The summed E-state index contributed by atoms with van der Waals surface area (Å²) in [5.74, 6) is 1.40. The number of amides is 1. The van der Waals surface area contributed by atoms with Crippen LogP contribution in [0.3, 0.4) is 0 Å². The minimum Gasteiger partial charge on any atom is -0.496 e. The van der Waals surface area contributed by atoms with Crippen LogP contribution in [0.15, 0.2) is 34.9 Å². The second-order valence-corrected chi connectivity index (χ2v) is 5.81. The molecule has 23 heavy (non-hydrogen) atoms. The summed E-state index contributed by atoms with van der Waals surface area (Å²) in [6, 6.07) is 9.72. The molecule has 0 spiro atoms. The standard InChI is InChI=1S/C17H21N3O3/c1-12-10-14(18-23-12)17(21)20-9-8-19(2)15(11-20)13-6-4-5-7-16(13)22-3/h4-7,10,15H,8-9,11H2,1-3H3/t15-/m1/s1. The highest BCUT2D eigenvalue weighted by Crippen LogP contribution is 2.31. The van der Waals surface area contributed by atoms with E-state index in [1.165, 1.54) is 0 Å². The summed E-state index contributed by atoms with van der Waals surface area (Å²) in [6.07, 6.45) is 0. The van der Waals surface area contributed by atoms with Crippen molar-refractivity contribution in [3.05, 3.63) is 47.3 Å². The molecule has 1 aromatic carbocycles. The second-order valence-electron chi connectivity index (χ2n) is 5.81. The highest BCUT2D eigenvalue weighted by atomic mass is 16.5. The summed E-state index contributed by atoms with van der Waals surface area (Å²) < 4.78 is 10.5. The number of benzene rings is 1. The molecule has 0 unspecified atom stereocenters. The molecule has 1 aliphatic rings. The summed E-state index contributed by atoms with van der Waals surface area (Å²) in [6.45, 7) is 3.85. The van der Waals surface area contributed by atoms with Gasteiger partial charge in [-0.15, -0.1) is 0 Å². The van der Waals surface area contributed by atoms with Crippen LogP contribution in [0.2, 0.25) is 0 Å². The van der Waals surface area contributed by atoms with Crippen LogP contribution in [-0.2, 0) is 0 Å². The van der Waals surface area contributed by atoms with Crippen molar-refractivity contribution in [1.29, 1.82) is 0 Å². The lowest BCUT2D eigenvalue weighted by Gasteiger charge is -2.39. The van der Waals surface area contributed by atoms with Gasteiger partial charge >= 0.3 is 0 Å². The predicted molar refractivity (Wildman–Crippen MR) is 85.5 cm³/mol. The molecule has 1 saturated heterocycles. The average Bonchev–Trinajstić information content (AvgIpc) is 3.01. The van der Waals surface area contributed by atoms with E-state index in [4.69, 9.17) is 9.26 Å². The van der Waals surface area contributed by atoms with Crippen molar-refractivity contribution in [1.82, 2.24) is 15.0 Å². The Kier molecular flexibility index (Phi) is 4.34. The molecule has 1 fully saturated rings. The normalized spacial score (nSPS) is 18.9. The summed E-state index contributed by atoms with van der Waals surface area (Å²) in [4.78, 5) is 16.7. The van der Waals surface area contributed by atoms with Crippen molar-refractivity contribution < 1.29 is 14.1 Å². The fourth-order valence-corrected chi connectivity index (χ4v) is 2.96. The Bertz CT molecular complexity index is 698. The van der Waals surface area contributed by atoms with Gasteiger partial charge in [-0.2, -0.15) is 0 Å². The first kappa shape index (κ1) is 15.6. The van der Waals surface area contributed by atoms with Gasteiger partial charge in [-0.3, -0.25) is 9.69 Å². The van der Waals surface area contributed by atoms with Crippen LogP contribution in [-0.4, -0.2) is 54.7 Å². The third kappa shape index (κ3) is 3.07. The van der Waals surface area contributed by atoms with Gasteiger partial charge in [0.25, 0.3) is 5.91 Å². The van der Waals surface area contributed by atoms with E-state index in [0.29, 0.717) is 24.5 Å². The number of carbonyl (C=O) groups is 1. The van der Waals surface area contributed by atoms with Crippen LogP contribution in [0.4, 0.5) is 0 Å². The van der Waals surface area contributed by atoms with Gasteiger partial charge < -0.3 is 14.2 Å². The van der Waals surface area contributed by atoms with E-state index in [1.807, 2.05) is 29.2 Å². The third-order valence-corrected chi connectivity index (χ3v) is 4.28. The van der Waals surface area contributed by atoms with Gasteiger partial charge in [-0.05, 0) is 20.0 Å². The molecule has 3 rings (SSSR count). The van der Waals surface area contributed by atoms with Gasteiger partial charge in [-0.1, -0.05) is 23.4 Å². The van der Waals surface area contributed by atoms with Crippen molar-refractivity contribution in [2.45, 2.75) is 13.0 Å². The Hall–Kier alpha value is -2.34. The largest absolute Gasteiger partial charge is 0.496 e. The third-order valence-electron chi connectivity index (χ3n) is 4.28. The number of likely N-dealkylation sites (N-methyl/N-ethyl adjacent to an activating group) is 1. The van der Waals surface area contributed by atoms with Gasteiger partial charge in [0.05, 0.1) is 13.2 Å². The second kappa shape index (κ2) is 6.42. The zero-order chi connectivity index (χ0) is 16.4. The molecule has 1 atom stereocenters. The van der Waals surface area contributed by atoms with E-state index in [1.54, 1.807) is 20.1 Å². The Morgan fingerprint density at radius 1 is 1.35 bits per heavy atom. The zero-order valence-corrected chi connectivity index (χ0v) is 13.7. The number of carbonyl (C=O) groups excluding carboxylic acids is 1. The smallest absolute Gasteiger partial charge is 0.276 e. The molecule has 0 radical (unpaired) electrons. The van der Waals surface area contributed by atoms with Crippen LogP contribution in [0.25, 0.3) is 0 Å². The lowest BCUT2D eigenvalue weighted by molar-refractivity contribution is 0.0533. The fourth-order valence-electron chi connectivity index (χ4n) is 2.96. The number of nitrogens with zero attached hydrogens (tertiary/aromatic N) is 3. The SMILES string of the molecule is COc1ccccc1[C@H]1CN(C(=O)c2cc(C)on2)CCN1C. The zero-order valence-electron chi connectivity index (χ0n) is 13.7. The molecule has 0 bridgehead atoms. The van der Waals surface area contributed by atoms with Gasteiger partial charge in [-0.25, -0.2) is 0 Å². The van der Waals surface area contributed by atoms with E-state index in [-0.39, 0.29) is 11.9 Å². The molecule has 6 nitrogen and oxygen atoms in total. The Morgan fingerprint density at radius 3 is 2.83 bits per heavy atom. The quantitative estimate of drug-likeness (QED) is 0.868. The Balaban J connectivity index is 1.83. The molecule has 2 heterocycles. The number of rotatable bonds is 3. The molecule has 6 heteroatoms. The number of hydrogen-bond acceptors (Lipinski definition) is 5. The fraction of sp³-hybridized carbons (Fsp3) is 0.412. The lowest BCUT2D eigenvalue weighted by atomic mass is 10.0. The minimum atomic E-state index is -0.0881. The van der Waals surface area contributed by atoms with Crippen LogP contribution in [0, 0.1) is 6.92 Å². The van der Waals surface area contributed by atoms with Gasteiger partial charge in [0.2, 0.25) is 0 Å². The van der Waals surface area contributed by atoms with Crippen LogP contribution in [0.5, 0.6) is 5.75 Å². The first-order valence-electron chi connectivity index (χ1n) is 7.66. The number of piperazine rings is 1. The van der Waals surface area contributed by atoms with E-state index >= 15 is 0 Å². The molecule has 0 aliphatic carbocycles. The van der Waals surface area contributed by atoms with E-state index in [9.17, 15) is 4.79 Å². The van der Waals surface area contributed by atoms with E-state index in [2.05, 4.69) is 17.1 Å². The van der Waals surface area contributed by atoms with Crippen LogP contribution in [0.1, 0.15) is 27.9 Å². The van der Waals surface area contributed by atoms with Crippen molar-refractivity contribution in [2.24, 2.45) is 0 Å². The van der Waals surface area contributed by atoms with Crippen molar-refractivity contribution in [2.75, 3.05) is 33.8 Å². The lowest BCUT2D eigenvalue weighted by Crippen LogP contribution is -2.49. The molecule has 1 aromatic heterocycles. The molecule has 0 saturated carbocycles. The van der Waals surface area contributed by atoms with E-state index in [0.717, 1.165) is 17.9 Å². The maximum Gasteiger partial charge on any atom is 0.276 e. The highest BCUT2D eigenvalue weighted by Gasteiger charge is 2.31. The van der Waals surface area contributed by atoms with Crippen LogP contribution < -0.4 is 4.74 Å². The Labute approximate surface area is 135 Å². The number of para-hydroxylation sites is 1. The predicted octanol–water partition coefficient (Wildman–Crippen LogP) is 2.12. The van der Waals surface area contributed by atoms with Crippen LogP contribution >= 0.6 is 0 Å². The first-order valence-corrected chi connectivity index (χ1v) is 7.66. The van der Waals surface area contributed by atoms with Crippen molar-refractivity contribution >= 4 is 5.91 Å². The maximum atomic E-state index is 12.6. The molecular weight excluding hydrogens is 294 g/mol. The molecule has 122 valence electrons. The van der Waals surface area contributed by atoms with E-state index < -0.39 is 0 Å². The molecule has 1 aliphatic heterocycles. The molecule has 2 aromatic rings. The van der Waals surface area contributed by atoms with Gasteiger partial charge in [0, 0.05) is 31.3 Å². The topological polar surface area (TPSA) is 58.8 Å². The first-order chi connectivity index (χ1) is 11.1. The number of aryl methyl sites for hydroxylation is 1. The van der Waals surface area contributed by atoms with Crippen molar-refractivity contribution in [3.63, 3.8) is 0 Å². The minimum absolute atomic E-state index is 0.0881. The number of methoxy groups -OCH3 is 1. The Morgan fingerprint density at radius 2 is 2.13 bits per heavy atom. The average molecular weight is 315 g/mol. The van der Waals surface area contributed by atoms with Crippen molar-refractivity contribution in [3.8, 4) is 5.75 Å². The number of hydrogen-bond donors (Lipinski definition) is 0. The number of aromatic nitrogens is 1. The monoisotopic (exact) mass is 315 g/mol. The summed E-state index contributed by atoms with van der Waals surface area (Å²) in [7, 11) is 3.74. The molecular formula is C17H21N3O3. The number of ether oxygens (including phenoxy) is 1. The van der Waals surface area contributed by atoms with Gasteiger partial charge in [0.15, 0.2) is 5.69 Å².